The molecule has 0 bridgehead atoms. The molecule has 0 spiro atoms. The van der Waals surface area contributed by atoms with Crippen LogP contribution in [0.2, 0.25) is 0 Å². The third-order valence-corrected chi connectivity index (χ3v) is 2.55. The van der Waals surface area contributed by atoms with Gasteiger partial charge in [-0.1, -0.05) is 0 Å². The molecule has 0 aromatic heterocycles. The fourth-order valence-corrected chi connectivity index (χ4v) is 1.86. The Hall–Kier alpha value is -1.40. The van der Waals surface area contributed by atoms with Gasteiger partial charge in [0.2, 0.25) is 0 Å². The molecule has 2 saturated heterocycles. The molecule has 0 saturated carbocycles. The second-order valence-corrected chi connectivity index (χ2v) is 3.64. The van der Waals surface area contributed by atoms with Gasteiger partial charge in [0.15, 0.2) is 6.10 Å². The average Bonchev–Trinajstić information content (AvgIpc) is 2.80. The Labute approximate surface area is 91.8 Å². The highest BCUT2D eigenvalue weighted by Crippen LogP contribution is 2.28. The number of carboxylic acid groups (broad SMARTS) is 1. The molecule has 0 aromatic rings. The van der Waals surface area contributed by atoms with Crippen molar-refractivity contribution in [2.24, 2.45) is 0 Å². The maximum atomic E-state index is 11.2. The lowest BCUT2D eigenvalue weighted by atomic mass is 10.1. The second-order valence-electron chi connectivity index (χ2n) is 3.64. The van der Waals surface area contributed by atoms with E-state index in [1.165, 1.54) is 0 Å². The van der Waals surface area contributed by atoms with E-state index >= 15 is 0 Å². The Morgan fingerprint density at radius 1 is 1.31 bits per heavy atom. The molecule has 2 heterocycles. The van der Waals surface area contributed by atoms with Crippen LogP contribution in [0.3, 0.4) is 0 Å². The van der Waals surface area contributed by atoms with Crippen molar-refractivity contribution in [3.05, 3.63) is 12.2 Å². The summed E-state index contributed by atoms with van der Waals surface area (Å²) >= 11 is 0. The van der Waals surface area contributed by atoms with Crippen molar-refractivity contribution < 1.29 is 28.9 Å². The van der Waals surface area contributed by atoms with E-state index in [1.807, 2.05) is 0 Å². The summed E-state index contributed by atoms with van der Waals surface area (Å²) in [4.78, 5) is 21.4. The quantitative estimate of drug-likeness (QED) is 0.528. The van der Waals surface area contributed by atoms with Crippen LogP contribution < -0.4 is 0 Å². The van der Waals surface area contributed by atoms with E-state index in [0.29, 0.717) is 13.2 Å². The first-order valence-electron chi connectivity index (χ1n) is 5.01. The van der Waals surface area contributed by atoms with E-state index in [9.17, 15) is 9.59 Å². The summed E-state index contributed by atoms with van der Waals surface area (Å²) < 4.78 is 15.8. The van der Waals surface area contributed by atoms with Gasteiger partial charge in [-0.05, 0) is 6.42 Å². The first-order valence-corrected chi connectivity index (χ1v) is 5.01. The molecule has 2 unspecified atom stereocenters. The zero-order valence-electron chi connectivity index (χ0n) is 8.50. The predicted molar refractivity (Wildman–Crippen MR) is 50.8 cm³/mol. The number of carbonyl (C=O) groups is 2. The van der Waals surface area contributed by atoms with Crippen LogP contribution in [0.4, 0.5) is 0 Å². The van der Waals surface area contributed by atoms with Crippen molar-refractivity contribution in [2.45, 2.75) is 24.7 Å². The van der Waals surface area contributed by atoms with Gasteiger partial charge < -0.3 is 19.3 Å². The number of hydrogen-bond donors (Lipinski definition) is 1. The Balaban J connectivity index is 1.85. The lowest BCUT2D eigenvalue weighted by molar-refractivity contribution is -0.148. The van der Waals surface area contributed by atoms with Crippen molar-refractivity contribution >= 4 is 11.9 Å². The third kappa shape index (κ3) is 2.40. The number of hydrogen-bond acceptors (Lipinski definition) is 5. The molecule has 3 atom stereocenters. The van der Waals surface area contributed by atoms with Gasteiger partial charge in [0.1, 0.15) is 6.10 Å². The van der Waals surface area contributed by atoms with Crippen molar-refractivity contribution in [3.8, 4) is 0 Å². The molecular formula is C10H12O6. The maximum Gasteiger partial charge on any atom is 0.331 e. The van der Waals surface area contributed by atoms with Crippen LogP contribution in [0, 0.1) is 0 Å². The predicted octanol–water partition coefficient (Wildman–Crippen LogP) is -0.273. The molecule has 2 aliphatic heterocycles. The Morgan fingerprint density at radius 3 is 2.88 bits per heavy atom. The minimum absolute atomic E-state index is 0.00116. The smallest absolute Gasteiger partial charge is 0.331 e. The molecule has 6 nitrogen and oxygen atoms in total. The monoisotopic (exact) mass is 228 g/mol. The van der Waals surface area contributed by atoms with E-state index in [1.54, 1.807) is 0 Å². The Morgan fingerprint density at radius 2 is 2.12 bits per heavy atom. The summed E-state index contributed by atoms with van der Waals surface area (Å²) in [5.41, 5.74) is 0. The van der Waals surface area contributed by atoms with Gasteiger partial charge in [-0.15, -0.1) is 0 Å². The molecule has 2 aliphatic rings. The molecule has 0 radical (unpaired) electrons. The highest BCUT2D eigenvalue weighted by atomic mass is 16.6. The van der Waals surface area contributed by atoms with E-state index in [2.05, 4.69) is 0 Å². The number of fused-ring (bicyclic) bond motifs is 1. The second kappa shape index (κ2) is 4.63. The highest BCUT2D eigenvalue weighted by Gasteiger charge is 2.43. The summed E-state index contributed by atoms with van der Waals surface area (Å²) in [7, 11) is 0. The van der Waals surface area contributed by atoms with Crippen LogP contribution in [-0.4, -0.2) is 48.6 Å². The van der Waals surface area contributed by atoms with Crippen LogP contribution in [0.25, 0.3) is 0 Å². The third-order valence-electron chi connectivity index (χ3n) is 2.55. The van der Waals surface area contributed by atoms with Crippen molar-refractivity contribution in [1.29, 1.82) is 0 Å². The van der Waals surface area contributed by atoms with E-state index in [0.717, 1.165) is 18.6 Å². The molecule has 88 valence electrons. The largest absolute Gasteiger partial charge is 0.478 e. The van der Waals surface area contributed by atoms with Crippen LogP contribution in [0.5, 0.6) is 0 Å². The molecule has 2 rings (SSSR count). The first kappa shape index (κ1) is 11.1. The normalized spacial score (nSPS) is 32.9. The number of rotatable bonds is 3. The topological polar surface area (TPSA) is 82.1 Å². The lowest BCUT2D eigenvalue weighted by Crippen LogP contribution is -2.31. The van der Waals surface area contributed by atoms with Gasteiger partial charge in [0.05, 0.1) is 12.7 Å². The van der Waals surface area contributed by atoms with Gasteiger partial charge >= 0.3 is 11.9 Å². The van der Waals surface area contributed by atoms with Crippen molar-refractivity contribution in [3.63, 3.8) is 0 Å². The molecule has 16 heavy (non-hydrogen) atoms. The van der Waals surface area contributed by atoms with Gasteiger partial charge in [-0.3, -0.25) is 0 Å². The Bertz CT molecular complexity index is 323. The maximum absolute atomic E-state index is 11.2. The number of aliphatic carboxylic acids is 1. The molecular weight excluding hydrogens is 216 g/mol. The molecule has 0 aliphatic carbocycles. The van der Waals surface area contributed by atoms with Gasteiger partial charge in [-0.2, -0.15) is 0 Å². The summed E-state index contributed by atoms with van der Waals surface area (Å²) in [6, 6.07) is 0. The average molecular weight is 228 g/mol. The van der Waals surface area contributed by atoms with Gasteiger partial charge in [-0.25, -0.2) is 9.59 Å². The fraction of sp³-hybridized carbons (Fsp3) is 0.600. The first-order chi connectivity index (χ1) is 7.66. The van der Waals surface area contributed by atoms with E-state index in [-0.39, 0.29) is 12.2 Å². The standard InChI is InChI=1S/C10H12O6/c11-8(12)1-2-9(13)16-7-5-15-6-3-4-14-10(6)7/h1-2,6-7,10H,3-5H2,(H,11,12)/b2-1+/t6?,7-,10?/m1/s1. The lowest BCUT2D eigenvalue weighted by Gasteiger charge is -2.15. The van der Waals surface area contributed by atoms with Crippen molar-refractivity contribution in [1.82, 2.24) is 0 Å². The number of ether oxygens (including phenoxy) is 3. The number of carbonyl (C=O) groups excluding carboxylic acids is 1. The summed E-state index contributed by atoms with van der Waals surface area (Å²) in [6.07, 6.45) is 1.79. The summed E-state index contributed by atoms with van der Waals surface area (Å²) in [5, 5.41) is 8.33. The molecule has 0 aromatic carbocycles. The van der Waals surface area contributed by atoms with E-state index in [4.69, 9.17) is 19.3 Å². The summed E-state index contributed by atoms with van der Waals surface area (Å²) in [5.74, 6) is -1.87. The molecule has 1 N–H and O–H groups in total. The Kier molecular flexibility index (Phi) is 3.21. The highest BCUT2D eigenvalue weighted by molar-refractivity contribution is 5.90. The van der Waals surface area contributed by atoms with Crippen LogP contribution >= 0.6 is 0 Å². The zero-order chi connectivity index (χ0) is 11.5. The molecule has 6 heteroatoms. The SMILES string of the molecule is O=C(O)/C=C/C(=O)O[C@@H]1COC2CCOC21. The minimum Gasteiger partial charge on any atom is -0.478 e. The zero-order valence-corrected chi connectivity index (χ0v) is 8.50. The van der Waals surface area contributed by atoms with E-state index < -0.39 is 18.0 Å². The van der Waals surface area contributed by atoms with Crippen LogP contribution in [0.1, 0.15) is 6.42 Å². The van der Waals surface area contributed by atoms with Gasteiger partial charge in [0, 0.05) is 18.8 Å². The minimum atomic E-state index is -1.19. The number of carboxylic acids is 1. The summed E-state index contributed by atoms with van der Waals surface area (Å²) in [6.45, 7) is 0.913. The fourth-order valence-electron chi connectivity index (χ4n) is 1.86. The van der Waals surface area contributed by atoms with Crippen LogP contribution in [-0.2, 0) is 23.8 Å². The number of esters is 1. The molecule has 2 fully saturated rings. The van der Waals surface area contributed by atoms with Crippen LogP contribution in [0.15, 0.2) is 12.2 Å². The molecule has 0 amide bonds. The van der Waals surface area contributed by atoms with Crippen molar-refractivity contribution in [2.75, 3.05) is 13.2 Å². The van der Waals surface area contributed by atoms with Gasteiger partial charge in [0.25, 0.3) is 0 Å².